The zero-order chi connectivity index (χ0) is 14.8. The molecule has 4 heteroatoms. The van der Waals surface area contributed by atoms with Crippen molar-refractivity contribution in [3.63, 3.8) is 0 Å². The Morgan fingerprint density at radius 3 is 2.70 bits per heavy atom. The zero-order valence-electron chi connectivity index (χ0n) is 12.4. The summed E-state index contributed by atoms with van der Waals surface area (Å²) in [7, 11) is 0. The molecule has 0 fully saturated rings. The standard InChI is InChI=1S/C16H22BrNO2/c1-4-7-8-9-20-16-14(17)10-13(12-18-5-2)11-15(16)19-6-3/h10-11,18H,5-6,8-9,12H2,1-3H3. The molecular formula is C16H22BrNO2. The second-order valence-electron chi connectivity index (χ2n) is 4.14. The van der Waals surface area contributed by atoms with E-state index < -0.39 is 0 Å². The molecule has 3 nitrogen and oxygen atoms in total. The van der Waals surface area contributed by atoms with E-state index in [1.165, 1.54) is 5.56 Å². The molecule has 110 valence electrons. The fourth-order valence-electron chi connectivity index (χ4n) is 1.72. The van der Waals surface area contributed by atoms with Crippen LogP contribution in [0.2, 0.25) is 0 Å². The number of hydrogen-bond acceptors (Lipinski definition) is 3. The van der Waals surface area contributed by atoms with Gasteiger partial charge in [0.1, 0.15) is 0 Å². The molecular weight excluding hydrogens is 318 g/mol. The number of benzene rings is 1. The summed E-state index contributed by atoms with van der Waals surface area (Å²) >= 11 is 3.56. The Hall–Kier alpha value is -1.18. The van der Waals surface area contributed by atoms with Crippen LogP contribution in [0.3, 0.4) is 0 Å². The third-order valence-electron chi connectivity index (χ3n) is 2.60. The quantitative estimate of drug-likeness (QED) is 0.578. The van der Waals surface area contributed by atoms with E-state index in [1.54, 1.807) is 0 Å². The van der Waals surface area contributed by atoms with Crippen LogP contribution in [0.4, 0.5) is 0 Å². The molecule has 0 aromatic heterocycles. The number of hydrogen-bond donors (Lipinski definition) is 1. The molecule has 0 atom stereocenters. The van der Waals surface area contributed by atoms with Gasteiger partial charge in [0, 0.05) is 13.0 Å². The van der Waals surface area contributed by atoms with Crippen molar-refractivity contribution in [3.8, 4) is 23.3 Å². The van der Waals surface area contributed by atoms with Gasteiger partial charge >= 0.3 is 0 Å². The summed E-state index contributed by atoms with van der Waals surface area (Å²) in [6.07, 6.45) is 0.716. The molecule has 1 aromatic carbocycles. The van der Waals surface area contributed by atoms with E-state index in [4.69, 9.17) is 9.47 Å². The van der Waals surface area contributed by atoms with Crippen LogP contribution in [0.5, 0.6) is 11.5 Å². The van der Waals surface area contributed by atoms with E-state index in [2.05, 4.69) is 46.1 Å². The molecule has 0 aliphatic rings. The van der Waals surface area contributed by atoms with E-state index in [-0.39, 0.29) is 0 Å². The summed E-state index contributed by atoms with van der Waals surface area (Å²) in [6.45, 7) is 8.82. The predicted molar refractivity (Wildman–Crippen MR) is 86.3 cm³/mol. The number of nitrogens with one attached hydrogen (secondary N) is 1. The van der Waals surface area contributed by atoms with Crippen LogP contribution in [-0.4, -0.2) is 19.8 Å². The SMILES string of the molecule is CC#CCCOc1c(Br)cc(CNCC)cc1OCC. The van der Waals surface area contributed by atoms with Crippen molar-refractivity contribution >= 4 is 15.9 Å². The topological polar surface area (TPSA) is 30.5 Å². The maximum Gasteiger partial charge on any atom is 0.175 e. The van der Waals surface area contributed by atoms with Gasteiger partial charge in [-0.2, -0.15) is 0 Å². The van der Waals surface area contributed by atoms with Gasteiger partial charge in [0.2, 0.25) is 0 Å². The van der Waals surface area contributed by atoms with E-state index in [1.807, 2.05) is 19.9 Å². The highest BCUT2D eigenvalue weighted by Gasteiger charge is 2.12. The third-order valence-corrected chi connectivity index (χ3v) is 3.19. The summed E-state index contributed by atoms with van der Waals surface area (Å²) < 4.78 is 12.4. The molecule has 0 spiro atoms. The van der Waals surface area contributed by atoms with Gasteiger partial charge in [0.15, 0.2) is 11.5 Å². The highest BCUT2D eigenvalue weighted by molar-refractivity contribution is 9.10. The van der Waals surface area contributed by atoms with Crippen LogP contribution in [0, 0.1) is 11.8 Å². The van der Waals surface area contributed by atoms with Crippen LogP contribution >= 0.6 is 15.9 Å². The molecule has 0 heterocycles. The lowest BCUT2D eigenvalue weighted by Gasteiger charge is -2.15. The summed E-state index contributed by atoms with van der Waals surface area (Å²) in [4.78, 5) is 0. The minimum Gasteiger partial charge on any atom is -0.490 e. The van der Waals surface area contributed by atoms with Crippen LogP contribution in [-0.2, 0) is 6.54 Å². The first-order valence-electron chi connectivity index (χ1n) is 6.91. The summed E-state index contributed by atoms with van der Waals surface area (Å²) in [5.74, 6) is 7.38. The fraction of sp³-hybridized carbons (Fsp3) is 0.500. The maximum absolute atomic E-state index is 5.79. The molecule has 0 saturated heterocycles. The molecule has 0 bridgehead atoms. The Bertz CT molecular complexity index is 477. The van der Waals surface area contributed by atoms with Crippen molar-refractivity contribution < 1.29 is 9.47 Å². The van der Waals surface area contributed by atoms with Crippen LogP contribution < -0.4 is 14.8 Å². The minimum atomic E-state index is 0.562. The van der Waals surface area contributed by atoms with Crippen molar-refractivity contribution in [2.24, 2.45) is 0 Å². The third kappa shape index (κ3) is 5.44. The first kappa shape index (κ1) is 16.9. The maximum atomic E-state index is 5.79. The highest BCUT2D eigenvalue weighted by Crippen LogP contribution is 2.37. The van der Waals surface area contributed by atoms with Crippen molar-refractivity contribution in [2.75, 3.05) is 19.8 Å². The first-order valence-corrected chi connectivity index (χ1v) is 7.70. The van der Waals surface area contributed by atoms with E-state index in [9.17, 15) is 0 Å². The number of halogens is 1. The van der Waals surface area contributed by atoms with E-state index >= 15 is 0 Å². The van der Waals surface area contributed by atoms with Gasteiger partial charge in [-0.05, 0) is 54.0 Å². The van der Waals surface area contributed by atoms with Crippen LogP contribution in [0.15, 0.2) is 16.6 Å². The van der Waals surface area contributed by atoms with E-state index in [0.717, 1.165) is 29.1 Å². The lowest BCUT2D eigenvalue weighted by molar-refractivity contribution is 0.280. The molecule has 1 aromatic rings. The van der Waals surface area contributed by atoms with Gasteiger partial charge in [-0.25, -0.2) is 0 Å². The average Bonchev–Trinajstić information content (AvgIpc) is 2.43. The van der Waals surface area contributed by atoms with Gasteiger partial charge in [-0.3, -0.25) is 0 Å². The molecule has 0 unspecified atom stereocenters. The Morgan fingerprint density at radius 1 is 1.25 bits per heavy atom. The lowest BCUT2D eigenvalue weighted by atomic mass is 10.2. The first-order chi connectivity index (χ1) is 9.72. The summed E-state index contributed by atoms with van der Waals surface area (Å²) in [5.41, 5.74) is 1.17. The smallest absolute Gasteiger partial charge is 0.175 e. The van der Waals surface area contributed by atoms with Gasteiger partial charge in [-0.15, -0.1) is 11.8 Å². The summed E-state index contributed by atoms with van der Waals surface area (Å²) in [5, 5.41) is 3.30. The Labute approximate surface area is 130 Å². The molecule has 1 N–H and O–H groups in total. The minimum absolute atomic E-state index is 0.562. The van der Waals surface area contributed by atoms with Gasteiger partial charge < -0.3 is 14.8 Å². The number of ether oxygens (including phenoxy) is 2. The van der Waals surface area contributed by atoms with Gasteiger partial charge in [-0.1, -0.05) is 6.92 Å². The summed E-state index contributed by atoms with van der Waals surface area (Å²) in [6, 6.07) is 4.09. The molecule has 0 aliphatic heterocycles. The molecule has 20 heavy (non-hydrogen) atoms. The normalized spacial score (nSPS) is 9.80. The highest BCUT2D eigenvalue weighted by atomic mass is 79.9. The fourth-order valence-corrected chi connectivity index (χ4v) is 2.33. The lowest BCUT2D eigenvalue weighted by Crippen LogP contribution is -2.12. The Balaban J connectivity index is 2.86. The monoisotopic (exact) mass is 339 g/mol. The Kier molecular flexibility index (Phi) is 8.17. The van der Waals surface area contributed by atoms with Crippen LogP contribution in [0.25, 0.3) is 0 Å². The molecule has 0 saturated carbocycles. The van der Waals surface area contributed by atoms with E-state index in [0.29, 0.717) is 19.6 Å². The van der Waals surface area contributed by atoms with Crippen molar-refractivity contribution in [1.29, 1.82) is 0 Å². The predicted octanol–water partition coefficient (Wildman–Crippen LogP) is 3.75. The van der Waals surface area contributed by atoms with Gasteiger partial charge in [0.05, 0.1) is 17.7 Å². The second kappa shape index (κ2) is 9.68. The molecule has 0 aliphatic carbocycles. The zero-order valence-corrected chi connectivity index (χ0v) is 14.0. The molecule has 0 amide bonds. The molecule has 1 rings (SSSR count). The van der Waals surface area contributed by atoms with Crippen molar-refractivity contribution in [1.82, 2.24) is 5.32 Å². The van der Waals surface area contributed by atoms with Crippen LogP contribution in [0.1, 0.15) is 32.8 Å². The average molecular weight is 340 g/mol. The Morgan fingerprint density at radius 2 is 2.05 bits per heavy atom. The number of rotatable bonds is 8. The van der Waals surface area contributed by atoms with Crippen molar-refractivity contribution in [3.05, 3.63) is 22.2 Å². The van der Waals surface area contributed by atoms with Crippen molar-refractivity contribution in [2.45, 2.75) is 33.7 Å². The van der Waals surface area contributed by atoms with Gasteiger partial charge in [0.25, 0.3) is 0 Å². The molecule has 0 radical (unpaired) electrons. The second-order valence-corrected chi connectivity index (χ2v) is 5.00. The largest absolute Gasteiger partial charge is 0.490 e.